The molecule has 0 atom stereocenters. The Morgan fingerprint density at radius 3 is 2.15 bits per heavy atom. The largest absolute Gasteiger partial charge is 0.308 e. The predicted octanol–water partition coefficient (Wildman–Crippen LogP) is 6.10. The number of hydrogen-bond acceptors (Lipinski definition) is 1. The standard InChI is InChI=1S/C24H31NO/c1-24(2,3)21-15-13-20(14-16-21)18-25(22-11-5-4-6-12-22)23(26)17-19-9-7-8-10-19/h4-6,11-16,19H,7-10,17-18H2,1-3H3. The molecule has 2 aromatic carbocycles. The van der Waals surface area contributed by atoms with Crippen LogP contribution in [0.3, 0.4) is 0 Å². The summed E-state index contributed by atoms with van der Waals surface area (Å²) in [5, 5.41) is 0. The molecular weight excluding hydrogens is 318 g/mol. The fourth-order valence-corrected chi connectivity index (χ4v) is 3.80. The lowest BCUT2D eigenvalue weighted by Gasteiger charge is -2.25. The molecule has 0 aliphatic heterocycles. The Morgan fingerprint density at radius 2 is 1.58 bits per heavy atom. The smallest absolute Gasteiger partial charge is 0.227 e. The lowest BCUT2D eigenvalue weighted by Crippen LogP contribution is -2.31. The van der Waals surface area contributed by atoms with Gasteiger partial charge in [0, 0.05) is 12.1 Å². The zero-order chi connectivity index (χ0) is 18.6. The minimum atomic E-state index is 0.149. The van der Waals surface area contributed by atoms with Crippen molar-refractivity contribution < 1.29 is 4.79 Å². The molecule has 1 amide bonds. The molecule has 0 saturated heterocycles. The minimum absolute atomic E-state index is 0.149. The first-order valence-electron chi connectivity index (χ1n) is 9.88. The molecule has 0 aromatic heterocycles. The van der Waals surface area contributed by atoms with Crippen LogP contribution in [0.5, 0.6) is 0 Å². The predicted molar refractivity (Wildman–Crippen MR) is 109 cm³/mol. The second-order valence-corrected chi connectivity index (χ2v) is 8.62. The monoisotopic (exact) mass is 349 g/mol. The number of para-hydroxylation sites is 1. The van der Waals surface area contributed by atoms with E-state index in [1.54, 1.807) is 0 Å². The van der Waals surface area contributed by atoms with E-state index in [1.165, 1.54) is 36.8 Å². The van der Waals surface area contributed by atoms with Crippen LogP contribution in [-0.2, 0) is 16.8 Å². The van der Waals surface area contributed by atoms with Crippen molar-refractivity contribution in [2.75, 3.05) is 4.90 Å². The number of nitrogens with zero attached hydrogens (tertiary/aromatic N) is 1. The van der Waals surface area contributed by atoms with Gasteiger partial charge in [-0.1, -0.05) is 76.1 Å². The third-order valence-electron chi connectivity index (χ3n) is 5.47. The highest BCUT2D eigenvalue weighted by Gasteiger charge is 2.23. The summed E-state index contributed by atoms with van der Waals surface area (Å²) in [5.74, 6) is 0.819. The van der Waals surface area contributed by atoms with E-state index in [1.807, 2.05) is 35.2 Å². The molecular formula is C24H31NO. The van der Waals surface area contributed by atoms with Crippen LogP contribution >= 0.6 is 0 Å². The van der Waals surface area contributed by atoms with E-state index >= 15 is 0 Å². The number of carbonyl (C=O) groups excluding carboxylic acids is 1. The summed E-state index contributed by atoms with van der Waals surface area (Å²) in [7, 11) is 0. The van der Waals surface area contributed by atoms with Gasteiger partial charge in [0.15, 0.2) is 0 Å². The molecule has 1 saturated carbocycles. The molecule has 1 fully saturated rings. The van der Waals surface area contributed by atoms with Gasteiger partial charge < -0.3 is 4.90 Å². The van der Waals surface area contributed by atoms with Crippen LogP contribution in [0, 0.1) is 5.92 Å². The summed E-state index contributed by atoms with van der Waals surface area (Å²) >= 11 is 0. The highest BCUT2D eigenvalue weighted by Crippen LogP contribution is 2.30. The van der Waals surface area contributed by atoms with Crippen molar-refractivity contribution in [3.05, 3.63) is 65.7 Å². The Kier molecular flexibility index (Phi) is 5.80. The van der Waals surface area contributed by atoms with Gasteiger partial charge in [0.2, 0.25) is 5.91 Å². The molecule has 0 radical (unpaired) electrons. The third kappa shape index (κ3) is 4.75. The van der Waals surface area contributed by atoms with Gasteiger partial charge in [-0.15, -0.1) is 0 Å². The van der Waals surface area contributed by atoms with Crippen LogP contribution in [-0.4, -0.2) is 5.91 Å². The van der Waals surface area contributed by atoms with Gasteiger partial charge >= 0.3 is 0 Å². The van der Waals surface area contributed by atoms with E-state index < -0.39 is 0 Å². The van der Waals surface area contributed by atoms with Crippen molar-refractivity contribution in [2.45, 2.75) is 64.8 Å². The molecule has 3 rings (SSSR count). The lowest BCUT2D eigenvalue weighted by atomic mass is 9.87. The molecule has 0 N–H and O–H groups in total. The fourth-order valence-electron chi connectivity index (χ4n) is 3.80. The molecule has 2 heteroatoms. The van der Waals surface area contributed by atoms with Crippen molar-refractivity contribution >= 4 is 11.6 Å². The van der Waals surface area contributed by atoms with Crippen LogP contribution in [0.2, 0.25) is 0 Å². The van der Waals surface area contributed by atoms with Crippen LogP contribution in [0.25, 0.3) is 0 Å². The van der Waals surface area contributed by atoms with Crippen molar-refractivity contribution in [2.24, 2.45) is 5.92 Å². The molecule has 2 nitrogen and oxygen atoms in total. The van der Waals surface area contributed by atoms with E-state index in [0.717, 1.165) is 5.69 Å². The quantitative estimate of drug-likeness (QED) is 0.639. The maximum absolute atomic E-state index is 13.1. The Bertz CT molecular complexity index is 706. The molecule has 0 heterocycles. The Hall–Kier alpha value is -2.09. The van der Waals surface area contributed by atoms with Gasteiger partial charge in [-0.05, 0) is 47.4 Å². The summed E-state index contributed by atoms with van der Waals surface area (Å²) in [6, 6.07) is 18.8. The normalized spacial score (nSPS) is 15.2. The first-order chi connectivity index (χ1) is 12.4. The van der Waals surface area contributed by atoms with Crippen LogP contribution in [0.15, 0.2) is 54.6 Å². The summed E-state index contributed by atoms with van der Waals surface area (Å²) in [5.41, 5.74) is 3.65. The van der Waals surface area contributed by atoms with Gasteiger partial charge in [0.1, 0.15) is 0 Å². The second-order valence-electron chi connectivity index (χ2n) is 8.62. The molecule has 0 bridgehead atoms. The minimum Gasteiger partial charge on any atom is -0.308 e. The average molecular weight is 350 g/mol. The molecule has 0 unspecified atom stereocenters. The first-order valence-corrected chi connectivity index (χ1v) is 9.88. The fraction of sp³-hybridized carbons (Fsp3) is 0.458. The van der Waals surface area contributed by atoms with E-state index in [0.29, 0.717) is 18.9 Å². The summed E-state index contributed by atoms with van der Waals surface area (Å²) in [6.45, 7) is 7.32. The Labute approximate surface area is 158 Å². The highest BCUT2D eigenvalue weighted by atomic mass is 16.2. The van der Waals surface area contributed by atoms with Crippen LogP contribution < -0.4 is 4.90 Å². The molecule has 26 heavy (non-hydrogen) atoms. The number of rotatable bonds is 5. The highest BCUT2D eigenvalue weighted by molar-refractivity contribution is 5.93. The van der Waals surface area contributed by atoms with Gasteiger partial charge in [0.25, 0.3) is 0 Å². The number of amides is 1. The van der Waals surface area contributed by atoms with E-state index in [-0.39, 0.29) is 11.3 Å². The number of hydrogen-bond donors (Lipinski definition) is 0. The lowest BCUT2D eigenvalue weighted by molar-refractivity contribution is -0.119. The zero-order valence-corrected chi connectivity index (χ0v) is 16.4. The number of carbonyl (C=O) groups is 1. The Morgan fingerprint density at radius 1 is 0.962 bits per heavy atom. The van der Waals surface area contributed by atoms with Crippen molar-refractivity contribution in [1.29, 1.82) is 0 Å². The summed E-state index contributed by atoms with van der Waals surface area (Å²) in [4.78, 5) is 15.0. The number of benzene rings is 2. The van der Waals surface area contributed by atoms with Crippen molar-refractivity contribution in [1.82, 2.24) is 0 Å². The molecule has 0 spiro atoms. The zero-order valence-electron chi connectivity index (χ0n) is 16.4. The second kappa shape index (κ2) is 8.07. The third-order valence-corrected chi connectivity index (χ3v) is 5.47. The average Bonchev–Trinajstić information content (AvgIpc) is 3.13. The molecule has 1 aliphatic rings. The van der Waals surface area contributed by atoms with Crippen LogP contribution in [0.4, 0.5) is 5.69 Å². The van der Waals surface area contributed by atoms with E-state index in [9.17, 15) is 4.79 Å². The van der Waals surface area contributed by atoms with Gasteiger partial charge in [-0.25, -0.2) is 0 Å². The van der Waals surface area contributed by atoms with Gasteiger partial charge in [0.05, 0.1) is 6.54 Å². The van der Waals surface area contributed by atoms with Crippen molar-refractivity contribution in [3.8, 4) is 0 Å². The molecule has 1 aliphatic carbocycles. The van der Waals surface area contributed by atoms with E-state index in [2.05, 4.69) is 45.0 Å². The van der Waals surface area contributed by atoms with E-state index in [4.69, 9.17) is 0 Å². The first kappa shape index (κ1) is 18.7. The topological polar surface area (TPSA) is 20.3 Å². The Balaban J connectivity index is 1.78. The van der Waals surface area contributed by atoms with Gasteiger partial charge in [-0.2, -0.15) is 0 Å². The van der Waals surface area contributed by atoms with Crippen LogP contribution in [0.1, 0.15) is 64.0 Å². The SMILES string of the molecule is CC(C)(C)c1ccc(CN(C(=O)CC2CCCC2)c2ccccc2)cc1. The maximum atomic E-state index is 13.1. The van der Waals surface area contributed by atoms with Crippen molar-refractivity contribution in [3.63, 3.8) is 0 Å². The van der Waals surface area contributed by atoms with Gasteiger partial charge in [-0.3, -0.25) is 4.79 Å². The summed E-state index contributed by atoms with van der Waals surface area (Å²) in [6.07, 6.45) is 5.63. The summed E-state index contributed by atoms with van der Waals surface area (Å²) < 4.78 is 0. The molecule has 2 aromatic rings. The molecule has 138 valence electrons. The maximum Gasteiger partial charge on any atom is 0.227 e. The number of anilines is 1.